The number of rotatable bonds is 4. The zero-order valence-corrected chi connectivity index (χ0v) is 12.7. The molecular weight excluding hydrogens is 286 g/mol. The summed E-state index contributed by atoms with van der Waals surface area (Å²) in [5.74, 6) is 1.07. The zero-order chi connectivity index (χ0) is 15.5. The smallest absolute Gasteiger partial charge is 0.274 e. The van der Waals surface area contributed by atoms with Gasteiger partial charge in [-0.25, -0.2) is 0 Å². The van der Waals surface area contributed by atoms with Gasteiger partial charge in [-0.05, 0) is 25.8 Å². The first kappa shape index (κ1) is 14.7. The van der Waals surface area contributed by atoms with Crippen LogP contribution in [0.1, 0.15) is 35.0 Å². The fourth-order valence-electron chi connectivity index (χ4n) is 2.50. The van der Waals surface area contributed by atoms with Crippen molar-refractivity contribution in [3.8, 4) is 0 Å². The molecule has 2 aromatic heterocycles. The summed E-state index contributed by atoms with van der Waals surface area (Å²) in [5.41, 5.74) is 0.489. The number of hydrogen-bond donors (Lipinski definition) is 0. The predicted molar refractivity (Wildman–Crippen MR) is 76.0 cm³/mol. The van der Waals surface area contributed by atoms with E-state index in [4.69, 9.17) is 9.26 Å². The number of carbonyl (C=O) groups is 1. The maximum Gasteiger partial charge on any atom is 0.274 e. The van der Waals surface area contributed by atoms with Crippen molar-refractivity contribution in [2.24, 2.45) is 7.05 Å². The first-order chi connectivity index (χ1) is 10.6. The summed E-state index contributed by atoms with van der Waals surface area (Å²) in [7, 11) is 1.80. The molecule has 0 unspecified atom stereocenters. The molecule has 0 N–H and O–H groups in total. The minimum absolute atomic E-state index is 0.0217. The SMILES string of the molecule is Cc1noc(COC2CCN(C(=O)c3ccn(C)n3)CC2)n1. The van der Waals surface area contributed by atoms with E-state index in [1.807, 2.05) is 4.90 Å². The van der Waals surface area contributed by atoms with Crippen LogP contribution in [0.15, 0.2) is 16.8 Å². The fraction of sp³-hybridized carbons (Fsp3) is 0.571. The molecule has 8 heteroatoms. The van der Waals surface area contributed by atoms with Crippen molar-refractivity contribution in [2.45, 2.75) is 32.5 Å². The molecule has 3 heterocycles. The average Bonchev–Trinajstić information content (AvgIpc) is 3.13. The Hall–Kier alpha value is -2.22. The molecule has 1 saturated heterocycles. The molecule has 118 valence electrons. The Morgan fingerprint density at radius 1 is 1.45 bits per heavy atom. The van der Waals surface area contributed by atoms with Crippen molar-refractivity contribution in [1.29, 1.82) is 0 Å². The quantitative estimate of drug-likeness (QED) is 0.835. The lowest BCUT2D eigenvalue weighted by Crippen LogP contribution is -2.41. The van der Waals surface area contributed by atoms with Gasteiger partial charge in [-0.1, -0.05) is 5.16 Å². The number of nitrogens with zero attached hydrogens (tertiary/aromatic N) is 5. The molecule has 3 rings (SSSR count). The molecule has 1 fully saturated rings. The van der Waals surface area contributed by atoms with Crippen molar-refractivity contribution in [1.82, 2.24) is 24.8 Å². The molecule has 1 aliphatic heterocycles. The van der Waals surface area contributed by atoms with Gasteiger partial charge in [0, 0.05) is 26.3 Å². The van der Waals surface area contributed by atoms with Crippen molar-refractivity contribution >= 4 is 5.91 Å². The minimum Gasteiger partial charge on any atom is -0.368 e. The van der Waals surface area contributed by atoms with Crippen molar-refractivity contribution < 1.29 is 14.1 Å². The molecule has 1 amide bonds. The van der Waals surface area contributed by atoms with Crippen LogP contribution in [0.3, 0.4) is 0 Å². The summed E-state index contributed by atoms with van der Waals surface area (Å²) in [4.78, 5) is 18.2. The van der Waals surface area contributed by atoms with Gasteiger partial charge >= 0.3 is 0 Å². The molecule has 1 aliphatic rings. The number of ether oxygens (including phenoxy) is 1. The Balaban J connectivity index is 1.47. The number of amides is 1. The standard InChI is InChI=1S/C14H19N5O3/c1-10-15-13(22-17-10)9-21-11-3-7-19(8-4-11)14(20)12-5-6-18(2)16-12/h5-6,11H,3-4,7-9H2,1-2H3. The average molecular weight is 305 g/mol. The topological polar surface area (TPSA) is 86.3 Å². The van der Waals surface area contributed by atoms with Gasteiger partial charge in [0.05, 0.1) is 6.10 Å². The van der Waals surface area contributed by atoms with E-state index in [-0.39, 0.29) is 12.0 Å². The second-order valence-corrected chi connectivity index (χ2v) is 5.41. The Morgan fingerprint density at radius 2 is 2.23 bits per heavy atom. The Labute approximate surface area is 128 Å². The first-order valence-corrected chi connectivity index (χ1v) is 7.31. The summed E-state index contributed by atoms with van der Waals surface area (Å²) in [5, 5.41) is 7.87. The van der Waals surface area contributed by atoms with Gasteiger partial charge in [-0.2, -0.15) is 10.1 Å². The molecule has 0 aliphatic carbocycles. The fourth-order valence-corrected chi connectivity index (χ4v) is 2.50. The molecule has 0 bridgehead atoms. The highest BCUT2D eigenvalue weighted by molar-refractivity contribution is 5.92. The second kappa shape index (κ2) is 6.27. The van der Waals surface area contributed by atoms with Crippen LogP contribution in [0.2, 0.25) is 0 Å². The van der Waals surface area contributed by atoms with Crippen LogP contribution < -0.4 is 0 Å². The predicted octanol–water partition coefficient (Wildman–Crippen LogP) is 0.933. The summed E-state index contributed by atoms with van der Waals surface area (Å²) in [6.45, 7) is 3.43. The van der Waals surface area contributed by atoms with E-state index in [0.29, 0.717) is 37.1 Å². The van der Waals surface area contributed by atoms with E-state index in [0.717, 1.165) is 12.8 Å². The van der Waals surface area contributed by atoms with Crippen LogP contribution >= 0.6 is 0 Å². The lowest BCUT2D eigenvalue weighted by Gasteiger charge is -2.31. The molecule has 0 atom stereocenters. The van der Waals surface area contributed by atoms with Crippen LogP contribution in [0.25, 0.3) is 0 Å². The van der Waals surface area contributed by atoms with Gasteiger partial charge in [0.15, 0.2) is 5.82 Å². The van der Waals surface area contributed by atoms with Gasteiger partial charge in [-0.3, -0.25) is 9.48 Å². The largest absolute Gasteiger partial charge is 0.368 e. The van der Waals surface area contributed by atoms with Gasteiger partial charge in [-0.15, -0.1) is 0 Å². The normalized spacial score (nSPS) is 16.2. The van der Waals surface area contributed by atoms with E-state index >= 15 is 0 Å². The van der Waals surface area contributed by atoms with Crippen LogP contribution in [0.5, 0.6) is 0 Å². The Kier molecular flexibility index (Phi) is 4.19. The van der Waals surface area contributed by atoms with Crippen molar-refractivity contribution in [3.63, 3.8) is 0 Å². The third-order valence-electron chi connectivity index (χ3n) is 3.67. The molecule has 22 heavy (non-hydrogen) atoms. The van der Waals surface area contributed by atoms with Gasteiger partial charge in [0.25, 0.3) is 11.8 Å². The van der Waals surface area contributed by atoms with Gasteiger partial charge in [0.2, 0.25) is 0 Å². The summed E-state index contributed by atoms with van der Waals surface area (Å²) in [6.07, 6.45) is 3.48. The molecule has 0 saturated carbocycles. The number of aryl methyl sites for hydroxylation is 2. The highest BCUT2D eigenvalue weighted by atomic mass is 16.5. The maximum absolute atomic E-state index is 12.3. The van der Waals surface area contributed by atoms with Gasteiger partial charge < -0.3 is 14.2 Å². The Bertz CT molecular complexity index is 642. The van der Waals surface area contributed by atoms with Crippen molar-refractivity contribution in [3.05, 3.63) is 29.7 Å². The lowest BCUT2D eigenvalue weighted by molar-refractivity contribution is -0.00989. The summed E-state index contributed by atoms with van der Waals surface area (Å²) in [6, 6.07) is 1.74. The number of hydrogen-bond acceptors (Lipinski definition) is 6. The van der Waals surface area contributed by atoms with E-state index in [2.05, 4.69) is 15.2 Å². The summed E-state index contributed by atoms with van der Waals surface area (Å²) >= 11 is 0. The van der Waals surface area contributed by atoms with E-state index in [1.165, 1.54) is 0 Å². The minimum atomic E-state index is -0.0217. The molecule has 0 radical (unpaired) electrons. The first-order valence-electron chi connectivity index (χ1n) is 7.31. The van der Waals surface area contributed by atoms with Crippen molar-refractivity contribution in [2.75, 3.05) is 13.1 Å². The Morgan fingerprint density at radius 3 is 2.82 bits per heavy atom. The maximum atomic E-state index is 12.3. The highest BCUT2D eigenvalue weighted by Gasteiger charge is 2.25. The lowest BCUT2D eigenvalue weighted by atomic mass is 10.1. The van der Waals surface area contributed by atoms with Gasteiger partial charge in [0.1, 0.15) is 12.3 Å². The second-order valence-electron chi connectivity index (χ2n) is 5.41. The summed E-state index contributed by atoms with van der Waals surface area (Å²) < 4.78 is 12.4. The van der Waals surface area contributed by atoms with E-state index in [1.54, 1.807) is 30.9 Å². The van der Waals surface area contributed by atoms with Crippen LogP contribution in [-0.2, 0) is 18.4 Å². The van der Waals surface area contributed by atoms with Crippen LogP contribution in [0.4, 0.5) is 0 Å². The zero-order valence-electron chi connectivity index (χ0n) is 12.7. The molecule has 2 aromatic rings. The number of carbonyl (C=O) groups excluding carboxylic acids is 1. The molecular formula is C14H19N5O3. The molecule has 0 spiro atoms. The van der Waals surface area contributed by atoms with E-state index in [9.17, 15) is 4.79 Å². The number of aromatic nitrogens is 4. The number of piperidine rings is 1. The van der Waals surface area contributed by atoms with Crippen LogP contribution in [0, 0.1) is 6.92 Å². The molecule has 0 aromatic carbocycles. The number of likely N-dealkylation sites (tertiary alicyclic amines) is 1. The molecule has 8 nitrogen and oxygen atoms in total. The van der Waals surface area contributed by atoms with Crippen LogP contribution in [-0.4, -0.2) is 49.9 Å². The monoisotopic (exact) mass is 305 g/mol. The van der Waals surface area contributed by atoms with E-state index < -0.39 is 0 Å². The highest BCUT2D eigenvalue weighted by Crippen LogP contribution is 2.17. The third-order valence-corrected chi connectivity index (χ3v) is 3.67. The third kappa shape index (κ3) is 3.33.